The Kier molecular flexibility index (Phi) is 15.0. The van der Waals surface area contributed by atoms with Crippen molar-refractivity contribution in [1.82, 2.24) is 0 Å². The van der Waals surface area contributed by atoms with Crippen molar-refractivity contribution in [1.29, 1.82) is 0 Å². The Morgan fingerprint density at radius 3 is 1.68 bits per heavy atom. The van der Waals surface area contributed by atoms with E-state index in [2.05, 4.69) is 20.8 Å². The molecule has 0 aliphatic rings. The molecule has 0 saturated heterocycles. The SMILES string of the molecule is CCCCCCCC(CCCC)C(CCCCCC)C(=O)O. The first-order valence-electron chi connectivity index (χ1n) is 9.90. The predicted octanol–water partition coefficient (Wildman–Crippen LogP) is 6.82. The van der Waals surface area contributed by atoms with Crippen molar-refractivity contribution in [2.24, 2.45) is 11.8 Å². The normalized spacial score (nSPS) is 14.0. The zero-order chi connectivity index (χ0) is 16.6. The van der Waals surface area contributed by atoms with Gasteiger partial charge in [0.05, 0.1) is 5.92 Å². The maximum atomic E-state index is 11.7. The van der Waals surface area contributed by atoms with Crippen LogP contribution in [0.3, 0.4) is 0 Å². The Labute approximate surface area is 139 Å². The fourth-order valence-corrected chi connectivity index (χ4v) is 3.37. The van der Waals surface area contributed by atoms with Crippen LogP contribution in [0.25, 0.3) is 0 Å². The molecular weight excluding hydrogens is 272 g/mol. The van der Waals surface area contributed by atoms with Gasteiger partial charge in [-0.1, -0.05) is 91.4 Å². The van der Waals surface area contributed by atoms with Crippen LogP contribution in [0.2, 0.25) is 0 Å². The number of hydrogen-bond acceptors (Lipinski definition) is 1. The third-order valence-corrected chi connectivity index (χ3v) is 4.86. The topological polar surface area (TPSA) is 37.3 Å². The molecule has 0 radical (unpaired) electrons. The molecule has 0 spiro atoms. The average molecular weight is 313 g/mol. The van der Waals surface area contributed by atoms with Crippen molar-refractivity contribution in [2.45, 2.75) is 111 Å². The summed E-state index contributed by atoms with van der Waals surface area (Å²) < 4.78 is 0. The monoisotopic (exact) mass is 312 g/mol. The lowest BCUT2D eigenvalue weighted by molar-refractivity contribution is -0.144. The third kappa shape index (κ3) is 11.1. The lowest BCUT2D eigenvalue weighted by Crippen LogP contribution is -2.24. The van der Waals surface area contributed by atoms with Crippen LogP contribution >= 0.6 is 0 Å². The van der Waals surface area contributed by atoms with Gasteiger partial charge in [0.2, 0.25) is 0 Å². The highest BCUT2D eigenvalue weighted by Gasteiger charge is 2.26. The number of carboxylic acid groups (broad SMARTS) is 1. The predicted molar refractivity (Wildman–Crippen MR) is 96.3 cm³/mol. The highest BCUT2D eigenvalue weighted by Crippen LogP contribution is 2.29. The second-order valence-electron chi connectivity index (χ2n) is 6.90. The number of carboxylic acids is 1. The van der Waals surface area contributed by atoms with E-state index in [1.807, 2.05) is 0 Å². The zero-order valence-electron chi connectivity index (χ0n) is 15.4. The Balaban J connectivity index is 4.32. The zero-order valence-corrected chi connectivity index (χ0v) is 15.4. The van der Waals surface area contributed by atoms with Crippen molar-refractivity contribution in [3.05, 3.63) is 0 Å². The Bertz CT molecular complexity index is 250. The highest BCUT2D eigenvalue weighted by molar-refractivity contribution is 5.70. The van der Waals surface area contributed by atoms with Crippen LogP contribution in [0.15, 0.2) is 0 Å². The molecule has 0 heterocycles. The second kappa shape index (κ2) is 15.4. The number of carbonyl (C=O) groups is 1. The van der Waals surface area contributed by atoms with Crippen molar-refractivity contribution < 1.29 is 9.90 Å². The minimum Gasteiger partial charge on any atom is -0.481 e. The standard InChI is InChI=1S/C20H40O2/c1-4-7-10-12-13-16-18(15-9-6-3)19(20(21)22)17-14-11-8-5-2/h18-19H,4-17H2,1-3H3,(H,21,22). The van der Waals surface area contributed by atoms with E-state index in [0.717, 1.165) is 25.7 Å². The summed E-state index contributed by atoms with van der Waals surface area (Å²) >= 11 is 0. The molecule has 0 aromatic rings. The van der Waals surface area contributed by atoms with Gasteiger partial charge in [-0.2, -0.15) is 0 Å². The molecule has 2 unspecified atom stereocenters. The quantitative estimate of drug-likeness (QED) is 0.317. The molecule has 2 atom stereocenters. The minimum atomic E-state index is -0.550. The average Bonchev–Trinajstić information content (AvgIpc) is 2.50. The summed E-state index contributed by atoms with van der Waals surface area (Å²) in [6.07, 6.45) is 16.6. The number of unbranched alkanes of at least 4 members (excludes halogenated alkanes) is 8. The van der Waals surface area contributed by atoms with Gasteiger partial charge < -0.3 is 5.11 Å². The van der Waals surface area contributed by atoms with E-state index < -0.39 is 5.97 Å². The number of rotatable bonds is 16. The van der Waals surface area contributed by atoms with E-state index in [1.165, 1.54) is 64.2 Å². The smallest absolute Gasteiger partial charge is 0.306 e. The van der Waals surface area contributed by atoms with Crippen LogP contribution in [0.5, 0.6) is 0 Å². The summed E-state index contributed by atoms with van der Waals surface area (Å²) in [4.78, 5) is 11.7. The summed E-state index contributed by atoms with van der Waals surface area (Å²) in [6.45, 7) is 6.64. The van der Waals surface area contributed by atoms with Crippen LogP contribution < -0.4 is 0 Å². The second-order valence-corrected chi connectivity index (χ2v) is 6.90. The summed E-state index contributed by atoms with van der Waals surface area (Å²) in [5.41, 5.74) is 0. The van der Waals surface area contributed by atoms with Crippen LogP contribution in [-0.2, 0) is 4.79 Å². The van der Waals surface area contributed by atoms with E-state index >= 15 is 0 Å². The maximum Gasteiger partial charge on any atom is 0.306 e. The van der Waals surface area contributed by atoms with Crippen LogP contribution in [0.1, 0.15) is 111 Å². The van der Waals surface area contributed by atoms with Gasteiger partial charge in [-0.15, -0.1) is 0 Å². The maximum absolute atomic E-state index is 11.7. The molecule has 22 heavy (non-hydrogen) atoms. The molecular formula is C20H40O2. The first-order valence-corrected chi connectivity index (χ1v) is 9.90. The fourth-order valence-electron chi connectivity index (χ4n) is 3.37. The van der Waals surface area contributed by atoms with Crippen LogP contribution in [-0.4, -0.2) is 11.1 Å². The minimum absolute atomic E-state index is 0.102. The highest BCUT2D eigenvalue weighted by atomic mass is 16.4. The number of hydrogen-bond donors (Lipinski definition) is 1. The molecule has 132 valence electrons. The summed E-state index contributed by atoms with van der Waals surface area (Å²) in [7, 11) is 0. The van der Waals surface area contributed by atoms with Crippen molar-refractivity contribution >= 4 is 5.97 Å². The van der Waals surface area contributed by atoms with Crippen molar-refractivity contribution in [2.75, 3.05) is 0 Å². The van der Waals surface area contributed by atoms with Gasteiger partial charge in [-0.05, 0) is 25.2 Å². The molecule has 0 fully saturated rings. The summed E-state index contributed by atoms with van der Waals surface area (Å²) in [5.74, 6) is -0.249. The first-order chi connectivity index (χ1) is 10.7. The lowest BCUT2D eigenvalue weighted by Gasteiger charge is -2.24. The first kappa shape index (κ1) is 21.5. The molecule has 2 nitrogen and oxygen atoms in total. The molecule has 0 aliphatic heterocycles. The van der Waals surface area contributed by atoms with Crippen LogP contribution in [0, 0.1) is 11.8 Å². The van der Waals surface area contributed by atoms with Gasteiger partial charge in [0.15, 0.2) is 0 Å². The largest absolute Gasteiger partial charge is 0.481 e. The van der Waals surface area contributed by atoms with Crippen molar-refractivity contribution in [3.8, 4) is 0 Å². The van der Waals surface area contributed by atoms with Crippen molar-refractivity contribution in [3.63, 3.8) is 0 Å². The van der Waals surface area contributed by atoms with E-state index in [9.17, 15) is 9.90 Å². The van der Waals surface area contributed by atoms with Gasteiger partial charge >= 0.3 is 5.97 Å². The molecule has 1 N–H and O–H groups in total. The van der Waals surface area contributed by atoms with Crippen LogP contribution in [0.4, 0.5) is 0 Å². The summed E-state index contributed by atoms with van der Waals surface area (Å²) in [5, 5.41) is 9.64. The Morgan fingerprint density at radius 2 is 1.14 bits per heavy atom. The third-order valence-electron chi connectivity index (χ3n) is 4.86. The molecule has 0 aromatic heterocycles. The molecule has 0 rings (SSSR count). The van der Waals surface area contributed by atoms with Gasteiger partial charge in [0.1, 0.15) is 0 Å². The van der Waals surface area contributed by atoms with E-state index in [1.54, 1.807) is 0 Å². The van der Waals surface area contributed by atoms with E-state index in [0.29, 0.717) is 5.92 Å². The molecule has 2 heteroatoms. The van der Waals surface area contributed by atoms with E-state index in [-0.39, 0.29) is 5.92 Å². The number of aliphatic carboxylic acids is 1. The fraction of sp³-hybridized carbons (Fsp3) is 0.950. The van der Waals surface area contributed by atoms with Gasteiger partial charge in [0.25, 0.3) is 0 Å². The van der Waals surface area contributed by atoms with E-state index in [4.69, 9.17) is 0 Å². The van der Waals surface area contributed by atoms with Gasteiger partial charge in [-0.25, -0.2) is 0 Å². The molecule has 0 amide bonds. The van der Waals surface area contributed by atoms with Gasteiger partial charge in [0, 0.05) is 0 Å². The molecule has 0 aromatic carbocycles. The summed E-state index contributed by atoms with van der Waals surface area (Å²) in [6, 6.07) is 0. The molecule has 0 saturated carbocycles. The van der Waals surface area contributed by atoms with Gasteiger partial charge in [-0.3, -0.25) is 4.79 Å². The Hall–Kier alpha value is -0.530. The molecule has 0 bridgehead atoms. The lowest BCUT2D eigenvalue weighted by atomic mass is 9.81. The molecule has 0 aliphatic carbocycles. The Morgan fingerprint density at radius 1 is 0.682 bits per heavy atom.